The summed E-state index contributed by atoms with van der Waals surface area (Å²) in [4.78, 5) is 2.64. The minimum atomic E-state index is 0.262. The lowest BCUT2D eigenvalue weighted by Gasteiger charge is -2.45. The van der Waals surface area contributed by atoms with Gasteiger partial charge in [-0.1, -0.05) is 0 Å². The normalized spacial score (nSPS) is 30.6. The second-order valence-corrected chi connectivity index (χ2v) is 5.84. The first-order valence-electron chi connectivity index (χ1n) is 6.69. The summed E-state index contributed by atoms with van der Waals surface area (Å²) in [7, 11) is 0. The standard InChI is InChI=1S/C13H26N2O/c1-4-16-8-7-15-10-13(2,3)14-9-12(15)11-5-6-11/h11-12,14H,4-10H2,1-3H3. The number of rotatable bonds is 5. The monoisotopic (exact) mass is 226 g/mol. The minimum absolute atomic E-state index is 0.262. The second kappa shape index (κ2) is 5.03. The predicted octanol–water partition coefficient (Wildman–Crippen LogP) is 1.49. The van der Waals surface area contributed by atoms with E-state index in [1.807, 2.05) is 0 Å². The van der Waals surface area contributed by atoms with Gasteiger partial charge in [0.2, 0.25) is 0 Å². The average Bonchev–Trinajstić information content (AvgIpc) is 3.01. The number of hydrogen-bond donors (Lipinski definition) is 1. The van der Waals surface area contributed by atoms with Gasteiger partial charge < -0.3 is 10.1 Å². The van der Waals surface area contributed by atoms with Gasteiger partial charge in [-0.3, -0.25) is 4.90 Å². The topological polar surface area (TPSA) is 24.5 Å². The Morgan fingerprint density at radius 2 is 2.12 bits per heavy atom. The molecule has 2 fully saturated rings. The van der Waals surface area contributed by atoms with Gasteiger partial charge >= 0.3 is 0 Å². The van der Waals surface area contributed by atoms with E-state index in [1.165, 1.54) is 12.8 Å². The van der Waals surface area contributed by atoms with Crippen molar-refractivity contribution in [2.45, 2.75) is 45.2 Å². The molecular weight excluding hydrogens is 200 g/mol. The molecule has 0 aromatic carbocycles. The summed E-state index contributed by atoms with van der Waals surface area (Å²) in [5, 5.41) is 3.67. The first kappa shape index (κ1) is 12.3. The van der Waals surface area contributed by atoms with Crippen molar-refractivity contribution < 1.29 is 4.74 Å². The third kappa shape index (κ3) is 3.19. The van der Waals surface area contributed by atoms with Crippen LogP contribution in [0.25, 0.3) is 0 Å². The highest BCUT2D eigenvalue weighted by atomic mass is 16.5. The first-order valence-corrected chi connectivity index (χ1v) is 6.69. The highest BCUT2D eigenvalue weighted by Gasteiger charge is 2.40. The van der Waals surface area contributed by atoms with Crippen LogP contribution >= 0.6 is 0 Å². The van der Waals surface area contributed by atoms with Crippen molar-refractivity contribution in [3.8, 4) is 0 Å². The Morgan fingerprint density at radius 3 is 2.75 bits per heavy atom. The largest absolute Gasteiger partial charge is 0.380 e. The van der Waals surface area contributed by atoms with E-state index in [-0.39, 0.29) is 5.54 Å². The molecule has 0 amide bonds. The van der Waals surface area contributed by atoms with Crippen LogP contribution in [0.4, 0.5) is 0 Å². The van der Waals surface area contributed by atoms with Crippen molar-refractivity contribution in [1.82, 2.24) is 10.2 Å². The maximum Gasteiger partial charge on any atom is 0.0593 e. The van der Waals surface area contributed by atoms with Gasteiger partial charge in [0.15, 0.2) is 0 Å². The fourth-order valence-corrected chi connectivity index (χ4v) is 2.71. The van der Waals surface area contributed by atoms with Crippen LogP contribution in [0.1, 0.15) is 33.6 Å². The zero-order chi connectivity index (χ0) is 11.6. The molecule has 94 valence electrons. The van der Waals surface area contributed by atoms with Crippen LogP contribution in [-0.2, 0) is 4.74 Å². The molecular formula is C13H26N2O. The third-order valence-corrected chi connectivity index (χ3v) is 3.75. The molecule has 2 rings (SSSR count). The van der Waals surface area contributed by atoms with E-state index in [1.54, 1.807) is 0 Å². The average molecular weight is 226 g/mol. The van der Waals surface area contributed by atoms with Crippen LogP contribution in [0, 0.1) is 5.92 Å². The van der Waals surface area contributed by atoms with Gasteiger partial charge in [0.1, 0.15) is 0 Å². The maximum atomic E-state index is 5.49. The molecule has 1 N–H and O–H groups in total. The lowest BCUT2D eigenvalue weighted by atomic mass is 9.96. The fourth-order valence-electron chi connectivity index (χ4n) is 2.71. The number of ether oxygens (including phenoxy) is 1. The fraction of sp³-hybridized carbons (Fsp3) is 1.00. The highest BCUT2D eigenvalue weighted by molar-refractivity contribution is 4.98. The number of piperazine rings is 1. The Bertz CT molecular complexity index is 226. The number of nitrogens with one attached hydrogen (secondary N) is 1. The van der Waals surface area contributed by atoms with Gasteiger partial charge in [0.05, 0.1) is 6.61 Å². The van der Waals surface area contributed by atoms with Gasteiger partial charge in [0.25, 0.3) is 0 Å². The van der Waals surface area contributed by atoms with Crippen LogP contribution in [0.5, 0.6) is 0 Å². The molecule has 1 unspecified atom stereocenters. The van der Waals surface area contributed by atoms with E-state index >= 15 is 0 Å². The van der Waals surface area contributed by atoms with E-state index in [2.05, 4.69) is 31.0 Å². The Labute approximate surface area is 99.5 Å². The third-order valence-electron chi connectivity index (χ3n) is 3.75. The van der Waals surface area contributed by atoms with Crippen molar-refractivity contribution >= 4 is 0 Å². The molecule has 0 aromatic heterocycles. The SMILES string of the molecule is CCOCCN1CC(C)(C)NCC1C1CC1. The van der Waals surface area contributed by atoms with Crippen LogP contribution in [0.3, 0.4) is 0 Å². The Kier molecular flexibility index (Phi) is 3.88. The molecule has 2 aliphatic rings. The van der Waals surface area contributed by atoms with Crippen LogP contribution in [-0.4, -0.2) is 49.3 Å². The van der Waals surface area contributed by atoms with E-state index in [0.29, 0.717) is 0 Å². The van der Waals surface area contributed by atoms with Crippen molar-refractivity contribution in [2.24, 2.45) is 5.92 Å². The molecule has 0 bridgehead atoms. The lowest BCUT2D eigenvalue weighted by Crippen LogP contribution is -2.62. The molecule has 1 aliphatic heterocycles. The van der Waals surface area contributed by atoms with Crippen LogP contribution in [0.15, 0.2) is 0 Å². The Hall–Kier alpha value is -0.120. The molecule has 0 radical (unpaired) electrons. The van der Waals surface area contributed by atoms with Gasteiger partial charge in [-0.2, -0.15) is 0 Å². The smallest absolute Gasteiger partial charge is 0.0593 e. The molecule has 1 atom stereocenters. The second-order valence-electron chi connectivity index (χ2n) is 5.84. The van der Waals surface area contributed by atoms with Crippen molar-refractivity contribution in [3.63, 3.8) is 0 Å². The highest BCUT2D eigenvalue weighted by Crippen LogP contribution is 2.37. The minimum Gasteiger partial charge on any atom is -0.380 e. The first-order chi connectivity index (χ1) is 7.62. The predicted molar refractivity (Wildman–Crippen MR) is 66.7 cm³/mol. The van der Waals surface area contributed by atoms with Crippen LogP contribution in [0.2, 0.25) is 0 Å². The summed E-state index contributed by atoms with van der Waals surface area (Å²) in [6.45, 7) is 11.8. The molecule has 3 nitrogen and oxygen atoms in total. The van der Waals surface area contributed by atoms with Crippen molar-refractivity contribution in [3.05, 3.63) is 0 Å². The lowest BCUT2D eigenvalue weighted by molar-refractivity contribution is 0.0452. The quantitative estimate of drug-likeness (QED) is 0.719. The zero-order valence-electron chi connectivity index (χ0n) is 11.0. The van der Waals surface area contributed by atoms with E-state index < -0.39 is 0 Å². The summed E-state index contributed by atoms with van der Waals surface area (Å²) in [6, 6.07) is 0.758. The Morgan fingerprint density at radius 1 is 1.38 bits per heavy atom. The van der Waals surface area contributed by atoms with Gasteiger partial charge in [-0.05, 0) is 39.5 Å². The van der Waals surface area contributed by atoms with Crippen LogP contribution < -0.4 is 5.32 Å². The molecule has 1 heterocycles. The molecule has 3 heteroatoms. The molecule has 0 aromatic rings. The zero-order valence-corrected chi connectivity index (χ0v) is 11.0. The Balaban J connectivity index is 1.86. The van der Waals surface area contributed by atoms with E-state index in [4.69, 9.17) is 4.74 Å². The van der Waals surface area contributed by atoms with Gasteiger partial charge in [0, 0.05) is 37.8 Å². The van der Waals surface area contributed by atoms with Gasteiger partial charge in [-0.15, -0.1) is 0 Å². The summed E-state index contributed by atoms with van der Waals surface area (Å²) in [5.74, 6) is 0.949. The number of hydrogen-bond acceptors (Lipinski definition) is 3. The summed E-state index contributed by atoms with van der Waals surface area (Å²) in [6.07, 6.45) is 2.86. The van der Waals surface area contributed by atoms with Gasteiger partial charge in [-0.25, -0.2) is 0 Å². The molecule has 1 saturated heterocycles. The summed E-state index contributed by atoms with van der Waals surface area (Å²) in [5.41, 5.74) is 0.262. The molecule has 1 aliphatic carbocycles. The molecule has 1 saturated carbocycles. The maximum absolute atomic E-state index is 5.49. The number of nitrogens with zero attached hydrogens (tertiary/aromatic N) is 1. The van der Waals surface area contributed by atoms with Crippen molar-refractivity contribution in [1.29, 1.82) is 0 Å². The van der Waals surface area contributed by atoms with E-state index in [9.17, 15) is 0 Å². The molecule has 16 heavy (non-hydrogen) atoms. The summed E-state index contributed by atoms with van der Waals surface area (Å²) >= 11 is 0. The molecule has 0 spiro atoms. The van der Waals surface area contributed by atoms with E-state index in [0.717, 1.165) is 44.8 Å². The van der Waals surface area contributed by atoms with Crippen molar-refractivity contribution in [2.75, 3.05) is 32.8 Å². The summed E-state index contributed by atoms with van der Waals surface area (Å²) < 4.78 is 5.49.